The maximum absolute atomic E-state index is 13.3. The summed E-state index contributed by atoms with van der Waals surface area (Å²) in [6.07, 6.45) is 0. The number of carbonyl (C=O) groups is 1. The Kier molecular flexibility index (Phi) is 5.76. The highest BCUT2D eigenvalue weighted by atomic mass is 32.2. The molecule has 0 spiro atoms. The molecular weight excluding hydrogens is 468 g/mol. The fraction of sp³-hybridized carbons (Fsp3) is 0.136. The molecule has 0 saturated heterocycles. The van der Waals surface area contributed by atoms with Gasteiger partial charge in [0.25, 0.3) is 11.6 Å². The van der Waals surface area contributed by atoms with Crippen molar-refractivity contribution in [2.24, 2.45) is 0 Å². The third-order valence-electron chi connectivity index (χ3n) is 5.39. The molecule has 3 aromatic rings. The van der Waals surface area contributed by atoms with Gasteiger partial charge in [-0.15, -0.1) is 0 Å². The molecule has 0 saturated carbocycles. The molecule has 0 aliphatic carbocycles. The number of benzene rings is 3. The molecule has 0 bridgehead atoms. The van der Waals surface area contributed by atoms with Crippen LogP contribution in [0.15, 0.2) is 82.6 Å². The van der Waals surface area contributed by atoms with Gasteiger partial charge in [0, 0.05) is 29.8 Å². The summed E-state index contributed by atoms with van der Waals surface area (Å²) in [7, 11) is -7.99. The van der Waals surface area contributed by atoms with Crippen molar-refractivity contribution in [3.05, 3.63) is 99.6 Å². The molecule has 3 aromatic carbocycles. The summed E-state index contributed by atoms with van der Waals surface area (Å²) in [4.78, 5) is 23.0. The van der Waals surface area contributed by atoms with E-state index in [2.05, 4.69) is 5.32 Å². The van der Waals surface area contributed by atoms with Gasteiger partial charge in [-0.05, 0) is 29.8 Å². The van der Waals surface area contributed by atoms with Crippen molar-refractivity contribution in [3.8, 4) is 0 Å². The highest BCUT2D eigenvalue weighted by Gasteiger charge is 2.45. The first-order chi connectivity index (χ1) is 15.6. The zero-order valence-corrected chi connectivity index (χ0v) is 18.7. The first kappa shape index (κ1) is 22.6. The third-order valence-corrected chi connectivity index (χ3v) is 9.48. The van der Waals surface area contributed by atoms with E-state index in [-0.39, 0.29) is 33.2 Å². The molecule has 1 aliphatic rings. The number of hydrogen-bond donors (Lipinski definition) is 1. The Morgan fingerprint density at radius 3 is 2.30 bits per heavy atom. The maximum Gasteiger partial charge on any atom is 0.269 e. The lowest BCUT2D eigenvalue weighted by Gasteiger charge is -2.15. The maximum atomic E-state index is 13.3. The predicted molar refractivity (Wildman–Crippen MR) is 119 cm³/mol. The van der Waals surface area contributed by atoms with E-state index in [4.69, 9.17) is 0 Å². The zero-order chi connectivity index (χ0) is 23.8. The zero-order valence-electron chi connectivity index (χ0n) is 17.0. The van der Waals surface area contributed by atoms with Crippen LogP contribution in [0, 0.1) is 10.1 Å². The smallest absolute Gasteiger partial charge is 0.269 e. The van der Waals surface area contributed by atoms with Crippen LogP contribution in [-0.2, 0) is 26.2 Å². The topological polar surface area (TPSA) is 141 Å². The Morgan fingerprint density at radius 1 is 1.00 bits per heavy atom. The van der Waals surface area contributed by atoms with Gasteiger partial charge in [0.15, 0.2) is 19.7 Å². The van der Waals surface area contributed by atoms with E-state index < -0.39 is 41.5 Å². The van der Waals surface area contributed by atoms with Crippen LogP contribution in [0.3, 0.4) is 0 Å². The van der Waals surface area contributed by atoms with Crippen molar-refractivity contribution in [2.45, 2.75) is 21.6 Å². The number of hydrogen-bond acceptors (Lipinski definition) is 7. The number of amides is 1. The minimum atomic E-state index is -4.08. The van der Waals surface area contributed by atoms with Gasteiger partial charge in [-0.25, -0.2) is 16.8 Å². The lowest BCUT2D eigenvalue weighted by molar-refractivity contribution is -0.384. The standard InChI is InChI=1S/C22H18N2O7S2/c25-22(23-13-15-9-11-16(12-10-15)24(26)27)18-7-4-8-19-21(18)20(14-32(19,28)29)33(30,31)17-5-2-1-3-6-17/h1-12,20H,13-14H2,(H,23,25). The van der Waals surface area contributed by atoms with Gasteiger partial charge in [0.05, 0.1) is 20.5 Å². The van der Waals surface area contributed by atoms with Crippen LogP contribution in [0.25, 0.3) is 0 Å². The average Bonchev–Trinajstić information content (AvgIpc) is 3.10. The first-order valence-corrected chi connectivity index (χ1v) is 13.0. The Hall–Kier alpha value is -3.57. The Bertz CT molecular complexity index is 1450. The lowest BCUT2D eigenvalue weighted by atomic mass is 10.0. The Labute approximate surface area is 190 Å². The third kappa shape index (κ3) is 4.24. The summed E-state index contributed by atoms with van der Waals surface area (Å²) >= 11 is 0. The van der Waals surface area contributed by atoms with Crippen LogP contribution < -0.4 is 5.32 Å². The second-order valence-electron chi connectivity index (χ2n) is 7.45. The fourth-order valence-corrected chi connectivity index (χ4v) is 8.13. The Morgan fingerprint density at radius 2 is 1.67 bits per heavy atom. The van der Waals surface area contributed by atoms with E-state index in [0.29, 0.717) is 5.56 Å². The van der Waals surface area contributed by atoms with E-state index in [1.165, 1.54) is 54.6 Å². The number of non-ortho nitro benzene ring substituents is 1. The SMILES string of the molecule is O=C(NCc1ccc([N+](=O)[O-])cc1)c1cccc2c1C(S(=O)(=O)c1ccccc1)CS2(=O)=O. The molecule has 1 amide bonds. The van der Waals surface area contributed by atoms with Crippen molar-refractivity contribution in [2.75, 3.05) is 5.75 Å². The molecule has 33 heavy (non-hydrogen) atoms. The van der Waals surface area contributed by atoms with Gasteiger partial charge in [-0.1, -0.05) is 36.4 Å². The molecule has 0 fully saturated rings. The summed E-state index contributed by atoms with van der Waals surface area (Å²) in [6, 6.07) is 17.2. The van der Waals surface area contributed by atoms with Crippen molar-refractivity contribution in [1.82, 2.24) is 5.32 Å². The normalized spacial score (nSPS) is 16.7. The number of rotatable bonds is 6. The molecule has 11 heteroatoms. The van der Waals surface area contributed by atoms with Crippen molar-refractivity contribution in [3.63, 3.8) is 0 Å². The number of fused-ring (bicyclic) bond motifs is 1. The van der Waals surface area contributed by atoms with Gasteiger partial charge in [0.2, 0.25) is 0 Å². The number of carbonyl (C=O) groups excluding carboxylic acids is 1. The van der Waals surface area contributed by atoms with Crippen molar-refractivity contribution >= 4 is 31.3 Å². The van der Waals surface area contributed by atoms with Gasteiger partial charge in [-0.2, -0.15) is 0 Å². The molecule has 1 atom stereocenters. The van der Waals surface area contributed by atoms with Crippen LogP contribution in [0.2, 0.25) is 0 Å². The van der Waals surface area contributed by atoms with Gasteiger partial charge >= 0.3 is 0 Å². The quantitative estimate of drug-likeness (QED) is 0.417. The van der Waals surface area contributed by atoms with Crippen LogP contribution in [0.5, 0.6) is 0 Å². The van der Waals surface area contributed by atoms with Gasteiger partial charge in [-0.3, -0.25) is 14.9 Å². The first-order valence-electron chi connectivity index (χ1n) is 9.77. The summed E-state index contributed by atoms with van der Waals surface area (Å²) < 4.78 is 52.0. The monoisotopic (exact) mass is 486 g/mol. The van der Waals surface area contributed by atoms with E-state index >= 15 is 0 Å². The molecule has 170 valence electrons. The number of nitro groups is 1. The van der Waals surface area contributed by atoms with Crippen molar-refractivity contribution < 1.29 is 26.6 Å². The second kappa shape index (κ2) is 8.41. The largest absolute Gasteiger partial charge is 0.348 e. The van der Waals surface area contributed by atoms with E-state index in [1.54, 1.807) is 18.2 Å². The minimum absolute atomic E-state index is 0.0172. The number of nitrogens with one attached hydrogen (secondary N) is 1. The average molecular weight is 487 g/mol. The van der Waals surface area contributed by atoms with Crippen LogP contribution in [-0.4, -0.2) is 33.4 Å². The van der Waals surface area contributed by atoms with Gasteiger partial charge in [0.1, 0.15) is 5.25 Å². The van der Waals surface area contributed by atoms with Gasteiger partial charge < -0.3 is 5.32 Å². The summed E-state index contributed by atoms with van der Waals surface area (Å²) in [5.74, 6) is -1.29. The van der Waals surface area contributed by atoms with Crippen LogP contribution in [0.1, 0.15) is 26.7 Å². The summed E-state index contributed by atoms with van der Waals surface area (Å²) in [5.41, 5.74) is 0.412. The molecular formula is C22H18N2O7S2. The highest BCUT2D eigenvalue weighted by molar-refractivity contribution is 7.96. The molecule has 0 aromatic heterocycles. The number of sulfone groups is 2. The lowest BCUT2D eigenvalue weighted by Crippen LogP contribution is -2.25. The van der Waals surface area contributed by atoms with E-state index in [0.717, 1.165) is 0 Å². The van der Waals surface area contributed by atoms with E-state index in [9.17, 15) is 31.7 Å². The molecule has 0 radical (unpaired) electrons. The molecule has 1 unspecified atom stereocenters. The fourth-order valence-electron chi connectivity index (χ4n) is 3.75. The van der Waals surface area contributed by atoms with Crippen LogP contribution >= 0.6 is 0 Å². The Balaban J connectivity index is 1.68. The second-order valence-corrected chi connectivity index (χ2v) is 11.6. The molecule has 9 nitrogen and oxygen atoms in total. The van der Waals surface area contributed by atoms with Crippen molar-refractivity contribution in [1.29, 1.82) is 0 Å². The molecule has 1 aliphatic heterocycles. The summed E-state index contributed by atoms with van der Waals surface area (Å²) in [5, 5.41) is 12.0. The number of nitrogens with zero attached hydrogens (tertiary/aromatic N) is 1. The molecule has 1 heterocycles. The van der Waals surface area contributed by atoms with E-state index in [1.807, 2.05) is 0 Å². The molecule has 4 rings (SSSR count). The molecule has 1 N–H and O–H groups in total. The summed E-state index contributed by atoms with van der Waals surface area (Å²) in [6.45, 7) is 0.0172. The predicted octanol–water partition coefficient (Wildman–Crippen LogP) is 2.83. The highest BCUT2D eigenvalue weighted by Crippen LogP contribution is 2.42. The number of nitro benzene ring substituents is 1. The van der Waals surface area contributed by atoms with Crippen LogP contribution in [0.4, 0.5) is 5.69 Å². The minimum Gasteiger partial charge on any atom is -0.348 e.